The number of fused-ring (bicyclic) bond motifs is 2. The van der Waals surface area contributed by atoms with E-state index in [9.17, 15) is 14.0 Å². The molecule has 166 valence electrons. The van der Waals surface area contributed by atoms with E-state index in [4.69, 9.17) is 4.42 Å². The number of carbonyl (C=O) groups is 1. The molecule has 0 fully saturated rings. The third-order valence-electron chi connectivity index (χ3n) is 6.01. The molecule has 0 bridgehead atoms. The monoisotopic (exact) mass is 505 g/mol. The Kier molecular flexibility index (Phi) is 5.01. The smallest absolute Gasteiger partial charge is 0.295 e. The highest BCUT2D eigenvalue weighted by molar-refractivity contribution is 9.10. The number of benzene rings is 3. The summed E-state index contributed by atoms with van der Waals surface area (Å²) in [5.74, 6) is -0.950. The molecule has 0 radical (unpaired) electrons. The molecule has 1 unspecified atom stereocenters. The summed E-state index contributed by atoms with van der Waals surface area (Å²) < 4.78 is 20.6. The van der Waals surface area contributed by atoms with Gasteiger partial charge in [0.1, 0.15) is 11.4 Å². The first-order valence-corrected chi connectivity index (χ1v) is 11.4. The van der Waals surface area contributed by atoms with Crippen molar-refractivity contribution < 1.29 is 13.6 Å². The fraction of sp³-hybridized carbons (Fsp3) is 0.185. The van der Waals surface area contributed by atoms with Gasteiger partial charge in [0.2, 0.25) is 5.76 Å². The molecule has 0 saturated heterocycles. The number of hydrogen-bond donors (Lipinski definition) is 0. The molecule has 1 aliphatic rings. The summed E-state index contributed by atoms with van der Waals surface area (Å²) in [6, 6.07) is 18.3. The number of halogens is 2. The van der Waals surface area contributed by atoms with Crippen molar-refractivity contribution in [3.05, 3.63) is 110 Å². The van der Waals surface area contributed by atoms with Gasteiger partial charge in [0.25, 0.3) is 5.91 Å². The zero-order valence-electron chi connectivity index (χ0n) is 18.4. The Bertz CT molecular complexity index is 1470. The first-order valence-electron chi connectivity index (χ1n) is 10.6. The van der Waals surface area contributed by atoms with Crippen LogP contribution in [0, 0.1) is 5.82 Å². The number of nitrogens with zero attached hydrogens (tertiary/aromatic N) is 1. The van der Waals surface area contributed by atoms with Crippen LogP contribution in [0.3, 0.4) is 0 Å². The number of rotatable bonds is 2. The van der Waals surface area contributed by atoms with Crippen molar-refractivity contribution >= 4 is 38.5 Å². The van der Waals surface area contributed by atoms with Crippen LogP contribution in [0.5, 0.6) is 0 Å². The molecule has 33 heavy (non-hydrogen) atoms. The lowest BCUT2D eigenvalue weighted by Crippen LogP contribution is -2.29. The van der Waals surface area contributed by atoms with Crippen molar-refractivity contribution in [2.45, 2.75) is 32.2 Å². The molecule has 1 aromatic heterocycles. The van der Waals surface area contributed by atoms with E-state index in [1.54, 1.807) is 4.90 Å². The molecular weight excluding hydrogens is 485 g/mol. The predicted molar refractivity (Wildman–Crippen MR) is 130 cm³/mol. The normalized spacial score (nSPS) is 15.8. The Labute approximate surface area is 198 Å². The summed E-state index contributed by atoms with van der Waals surface area (Å²) in [6.45, 7) is 6.37. The van der Waals surface area contributed by atoms with Gasteiger partial charge < -0.3 is 4.42 Å². The molecule has 0 spiro atoms. The number of anilines is 1. The minimum Gasteiger partial charge on any atom is -0.450 e. The van der Waals surface area contributed by atoms with Crippen molar-refractivity contribution in [2.75, 3.05) is 4.90 Å². The standard InChI is InChI=1S/C27H21BrFNO3/c1-27(2,3)16-9-7-15(8-10-16)23-22-24(31)20-14-18(29)11-12-21(20)33-25(22)26(32)30(23)19-6-4-5-17(28)13-19/h4-14,23H,1-3H3. The van der Waals surface area contributed by atoms with Crippen molar-refractivity contribution in [3.8, 4) is 0 Å². The number of carbonyl (C=O) groups excluding carboxylic acids is 1. The molecule has 3 aromatic carbocycles. The van der Waals surface area contributed by atoms with E-state index in [-0.39, 0.29) is 27.7 Å². The highest BCUT2D eigenvalue weighted by Crippen LogP contribution is 2.42. The lowest BCUT2D eigenvalue weighted by Gasteiger charge is -2.26. The van der Waals surface area contributed by atoms with Crippen LogP contribution in [0.2, 0.25) is 0 Å². The molecule has 1 atom stereocenters. The lowest BCUT2D eigenvalue weighted by molar-refractivity contribution is 0.0971. The molecule has 0 N–H and O–H groups in total. The van der Waals surface area contributed by atoms with E-state index in [0.29, 0.717) is 5.69 Å². The van der Waals surface area contributed by atoms with E-state index in [2.05, 4.69) is 36.7 Å². The molecule has 5 rings (SSSR count). The van der Waals surface area contributed by atoms with Crippen LogP contribution in [0.25, 0.3) is 11.0 Å². The van der Waals surface area contributed by atoms with E-state index >= 15 is 0 Å². The highest BCUT2D eigenvalue weighted by atomic mass is 79.9. The first kappa shape index (κ1) is 21.6. The molecular formula is C27H21BrFNO3. The fourth-order valence-electron chi connectivity index (χ4n) is 4.32. The molecule has 1 aliphatic heterocycles. The summed E-state index contributed by atoms with van der Waals surface area (Å²) in [4.78, 5) is 28.7. The average Bonchev–Trinajstić information content (AvgIpc) is 3.06. The Morgan fingerprint density at radius 2 is 1.70 bits per heavy atom. The summed E-state index contributed by atoms with van der Waals surface area (Å²) in [6.07, 6.45) is 0. The largest absolute Gasteiger partial charge is 0.450 e. The third kappa shape index (κ3) is 3.59. The van der Waals surface area contributed by atoms with E-state index in [0.717, 1.165) is 21.7 Å². The van der Waals surface area contributed by atoms with Gasteiger partial charge in [0.15, 0.2) is 5.43 Å². The topological polar surface area (TPSA) is 50.5 Å². The Morgan fingerprint density at radius 1 is 0.970 bits per heavy atom. The van der Waals surface area contributed by atoms with Crippen LogP contribution in [0.15, 0.2) is 80.4 Å². The van der Waals surface area contributed by atoms with Gasteiger partial charge in [-0.25, -0.2) is 4.39 Å². The molecule has 4 nitrogen and oxygen atoms in total. The molecule has 6 heteroatoms. The van der Waals surface area contributed by atoms with E-state index < -0.39 is 23.2 Å². The van der Waals surface area contributed by atoms with Crippen LogP contribution in [0.4, 0.5) is 10.1 Å². The summed E-state index contributed by atoms with van der Waals surface area (Å²) in [5, 5.41) is 0.119. The van der Waals surface area contributed by atoms with Gasteiger partial charge in [-0.1, -0.05) is 67.0 Å². The summed E-state index contributed by atoms with van der Waals surface area (Å²) in [7, 11) is 0. The van der Waals surface area contributed by atoms with Gasteiger partial charge in [0, 0.05) is 10.2 Å². The maximum Gasteiger partial charge on any atom is 0.295 e. The Balaban J connectivity index is 1.78. The van der Waals surface area contributed by atoms with Gasteiger partial charge in [-0.2, -0.15) is 0 Å². The maximum atomic E-state index is 13.9. The minimum atomic E-state index is -0.695. The molecule has 0 aliphatic carbocycles. The maximum absolute atomic E-state index is 13.9. The number of amides is 1. The fourth-order valence-corrected chi connectivity index (χ4v) is 4.71. The van der Waals surface area contributed by atoms with Crippen LogP contribution in [-0.2, 0) is 5.41 Å². The van der Waals surface area contributed by atoms with Crippen molar-refractivity contribution in [2.24, 2.45) is 0 Å². The Hall–Kier alpha value is -3.25. The van der Waals surface area contributed by atoms with Gasteiger partial charge >= 0.3 is 0 Å². The molecule has 4 aromatic rings. The van der Waals surface area contributed by atoms with E-state index in [1.165, 1.54) is 12.1 Å². The second-order valence-electron chi connectivity index (χ2n) is 9.24. The van der Waals surface area contributed by atoms with Crippen molar-refractivity contribution in [1.29, 1.82) is 0 Å². The molecule has 0 saturated carbocycles. The molecule has 2 heterocycles. The zero-order chi connectivity index (χ0) is 23.5. The second-order valence-corrected chi connectivity index (χ2v) is 10.2. The predicted octanol–water partition coefficient (Wildman–Crippen LogP) is 6.74. The number of hydrogen-bond acceptors (Lipinski definition) is 3. The summed E-state index contributed by atoms with van der Waals surface area (Å²) in [5.41, 5.74) is 2.50. The van der Waals surface area contributed by atoms with Crippen molar-refractivity contribution in [3.63, 3.8) is 0 Å². The summed E-state index contributed by atoms with van der Waals surface area (Å²) >= 11 is 3.47. The van der Waals surface area contributed by atoms with E-state index in [1.807, 2.05) is 48.5 Å². The third-order valence-corrected chi connectivity index (χ3v) is 6.50. The van der Waals surface area contributed by atoms with Gasteiger partial charge in [-0.3, -0.25) is 14.5 Å². The quantitative estimate of drug-likeness (QED) is 0.303. The first-order chi connectivity index (χ1) is 15.6. The van der Waals surface area contributed by atoms with Crippen LogP contribution < -0.4 is 10.3 Å². The van der Waals surface area contributed by atoms with Crippen LogP contribution in [0.1, 0.15) is 54.1 Å². The van der Waals surface area contributed by atoms with Crippen LogP contribution >= 0.6 is 15.9 Å². The lowest BCUT2D eigenvalue weighted by atomic mass is 9.86. The van der Waals surface area contributed by atoms with Gasteiger partial charge in [-0.15, -0.1) is 0 Å². The zero-order valence-corrected chi connectivity index (χ0v) is 19.9. The molecule has 1 amide bonds. The van der Waals surface area contributed by atoms with Gasteiger partial charge in [-0.05, 0) is 52.9 Å². The minimum absolute atomic E-state index is 0.0102. The average molecular weight is 506 g/mol. The Morgan fingerprint density at radius 3 is 2.36 bits per heavy atom. The SMILES string of the molecule is CC(C)(C)c1ccc(C2c3c(oc4ccc(F)cc4c3=O)C(=O)N2c2cccc(Br)c2)cc1. The van der Waals surface area contributed by atoms with Crippen molar-refractivity contribution in [1.82, 2.24) is 0 Å². The van der Waals surface area contributed by atoms with Crippen LogP contribution in [-0.4, -0.2) is 5.91 Å². The highest BCUT2D eigenvalue weighted by Gasteiger charge is 2.43. The second kappa shape index (κ2) is 7.66. The van der Waals surface area contributed by atoms with Gasteiger partial charge in [0.05, 0.1) is 17.0 Å².